The van der Waals surface area contributed by atoms with Crippen LogP contribution >= 0.6 is 0 Å². The summed E-state index contributed by atoms with van der Waals surface area (Å²) < 4.78 is 1.96. The van der Waals surface area contributed by atoms with Gasteiger partial charge in [-0.1, -0.05) is 0 Å². The first-order valence-electron chi connectivity index (χ1n) is 8.20. The molecular weight excluding hydrogens is 294 g/mol. The van der Waals surface area contributed by atoms with E-state index in [0.29, 0.717) is 24.6 Å². The summed E-state index contributed by atoms with van der Waals surface area (Å²) in [5.74, 6) is 0.563. The van der Waals surface area contributed by atoms with Crippen molar-refractivity contribution < 1.29 is 9.59 Å². The first kappa shape index (κ1) is 16.0. The van der Waals surface area contributed by atoms with Gasteiger partial charge in [0.05, 0.1) is 23.5 Å². The molecule has 0 bridgehead atoms. The van der Waals surface area contributed by atoms with Crippen LogP contribution in [0.25, 0.3) is 0 Å². The number of aromatic nitrogens is 2. The molecule has 0 saturated carbocycles. The number of carbonyl (C=O) groups is 2. The van der Waals surface area contributed by atoms with Crippen molar-refractivity contribution in [3.05, 3.63) is 17.5 Å². The van der Waals surface area contributed by atoms with Crippen LogP contribution in [0.4, 0.5) is 0 Å². The van der Waals surface area contributed by atoms with Crippen molar-refractivity contribution in [3.63, 3.8) is 0 Å². The van der Waals surface area contributed by atoms with Crippen molar-refractivity contribution in [2.45, 2.75) is 32.4 Å². The average molecular weight is 319 g/mol. The lowest BCUT2D eigenvalue weighted by Crippen LogP contribution is -2.60. The Hall–Kier alpha value is -1.89. The van der Waals surface area contributed by atoms with Crippen LogP contribution in [0.1, 0.15) is 29.4 Å². The largest absolute Gasteiger partial charge is 0.346 e. The second-order valence-electron chi connectivity index (χ2n) is 6.94. The van der Waals surface area contributed by atoms with Gasteiger partial charge in [-0.25, -0.2) is 0 Å². The quantitative estimate of drug-likeness (QED) is 0.846. The van der Waals surface area contributed by atoms with Crippen LogP contribution in [0.3, 0.4) is 0 Å². The number of hydrogen-bond acceptors (Lipinski definition) is 4. The standard InChI is InChI=1S/C16H25N5O2/c1-11(22)20-9-13(10-20)18-16(23)14-7-17-21-5-4-12(6-15(14)21)8-19(2)3/h7,12-13H,4-6,8-10H2,1-3H3,(H,18,23)/t12-/m1/s1. The summed E-state index contributed by atoms with van der Waals surface area (Å²) in [6, 6.07) is 0.0584. The molecule has 1 N–H and O–H groups in total. The van der Waals surface area contributed by atoms with Gasteiger partial charge >= 0.3 is 0 Å². The van der Waals surface area contributed by atoms with Gasteiger partial charge in [0.15, 0.2) is 0 Å². The molecule has 1 aromatic rings. The SMILES string of the molecule is CC(=O)N1CC(NC(=O)c2cnn3c2C[C@H](CN(C)C)CC3)C1. The minimum Gasteiger partial charge on any atom is -0.346 e. The van der Waals surface area contributed by atoms with Gasteiger partial charge in [-0.3, -0.25) is 14.3 Å². The molecule has 126 valence electrons. The molecule has 0 aromatic carbocycles. The summed E-state index contributed by atoms with van der Waals surface area (Å²) in [4.78, 5) is 27.6. The lowest BCUT2D eigenvalue weighted by Gasteiger charge is -2.38. The zero-order valence-corrected chi connectivity index (χ0v) is 14.1. The van der Waals surface area contributed by atoms with E-state index < -0.39 is 0 Å². The third-order valence-electron chi connectivity index (χ3n) is 4.71. The molecule has 0 unspecified atom stereocenters. The normalized spacial score (nSPS) is 21.0. The van der Waals surface area contributed by atoms with Crippen LogP contribution < -0.4 is 5.32 Å². The van der Waals surface area contributed by atoms with Gasteiger partial charge in [0.25, 0.3) is 5.91 Å². The summed E-state index contributed by atoms with van der Waals surface area (Å²) in [7, 11) is 4.16. The van der Waals surface area contributed by atoms with Gasteiger partial charge in [0.2, 0.25) is 5.91 Å². The Morgan fingerprint density at radius 1 is 1.39 bits per heavy atom. The number of amides is 2. The van der Waals surface area contributed by atoms with E-state index in [9.17, 15) is 9.59 Å². The van der Waals surface area contributed by atoms with Gasteiger partial charge < -0.3 is 15.1 Å². The van der Waals surface area contributed by atoms with Gasteiger partial charge in [-0.05, 0) is 32.9 Å². The number of aryl methyl sites for hydroxylation is 1. The summed E-state index contributed by atoms with van der Waals surface area (Å²) in [6.45, 7) is 4.67. The highest BCUT2D eigenvalue weighted by Gasteiger charge is 2.32. The summed E-state index contributed by atoms with van der Waals surface area (Å²) in [5, 5.41) is 7.38. The van der Waals surface area contributed by atoms with Crippen LogP contribution in [0.2, 0.25) is 0 Å². The Balaban J connectivity index is 1.62. The lowest BCUT2D eigenvalue weighted by atomic mass is 9.93. The number of rotatable bonds is 4. The minimum absolute atomic E-state index is 0.0584. The number of nitrogens with zero attached hydrogens (tertiary/aromatic N) is 4. The van der Waals surface area contributed by atoms with Gasteiger partial charge in [-0.15, -0.1) is 0 Å². The van der Waals surface area contributed by atoms with Crippen molar-refractivity contribution in [2.24, 2.45) is 5.92 Å². The summed E-state index contributed by atoms with van der Waals surface area (Å²) in [6.07, 6.45) is 3.68. The van der Waals surface area contributed by atoms with E-state index in [4.69, 9.17) is 0 Å². The van der Waals surface area contributed by atoms with E-state index >= 15 is 0 Å². The van der Waals surface area contributed by atoms with Crippen LogP contribution in [-0.4, -0.2) is 71.2 Å². The number of hydrogen-bond donors (Lipinski definition) is 1. The van der Waals surface area contributed by atoms with Crippen molar-refractivity contribution in [3.8, 4) is 0 Å². The molecule has 3 heterocycles. The predicted octanol–water partition coefficient (Wildman–Crippen LogP) is -0.0324. The van der Waals surface area contributed by atoms with E-state index in [1.165, 1.54) is 0 Å². The number of nitrogens with one attached hydrogen (secondary N) is 1. The molecule has 1 fully saturated rings. The predicted molar refractivity (Wildman–Crippen MR) is 86.1 cm³/mol. The molecule has 1 saturated heterocycles. The second kappa shape index (κ2) is 6.31. The minimum atomic E-state index is -0.0649. The van der Waals surface area contributed by atoms with Gasteiger partial charge in [0.1, 0.15) is 0 Å². The first-order chi connectivity index (χ1) is 10.9. The molecule has 1 aromatic heterocycles. The number of fused-ring (bicyclic) bond motifs is 1. The first-order valence-corrected chi connectivity index (χ1v) is 8.20. The highest BCUT2D eigenvalue weighted by molar-refractivity contribution is 5.95. The fourth-order valence-electron chi connectivity index (χ4n) is 3.45. The second-order valence-corrected chi connectivity index (χ2v) is 6.94. The number of carbonyl (C=O) groups excluding carboxylic acids is 2. The molecule has 23 heavy (non-hydrogen) atoms. The molecule has 2 amide bonds. The molecule has 1 atom stereocenters. The fraction of sp³-hybridized carbons (Fsp3) is 0.688. The van der Waals surface area contributed by atoms with E-state index in [1.54, 1.807) is 18.0 Å². The van der Waals surface area contributed by atoms with Crippen LogP contribution in [0.15, 0.2) is 6.20 Å². The third kappa shape index (κ3) is 3.39. The smallest absolute Gasteiger partial charge is 0.255 e. The molecule has 7 nitrogen and oxygen atoms in total. The monoisotopic (exact) mass is 319 g/mol. The maximum absolute atomic E-state index is 12.5. The number of likely N-dealkylation sites (tertiary alicyclic amines) is 1. The molecule has 0 aliphatic carbocycles. The van der Waals surface area contributed by atoms with Crippen molar-refractivity contribution in [2.75, 3.05) is 33.7 Å². The van der Waals surface area contributed by atoms with Crippen molar-refractivity contribution in [1.82, 2.24) is 24.9 Å². The van der Waals surface area contributed by atoms with E-state index in [2.05, 4.69) is 29.4 Å². The topological polar surface area (TPSA) is 70.5 Å². The summed E-state index contributed by atoms with van der Waals surface area (Å²) in [5.41, 5.74) is 1.73. The Labute approximate surface area is 136 Å². The van der Waals surface area contributed by atoms with Gasteiger partial charge in [0, 0.05) is 33.1 Å². The Morgan fingerprint density at radius 3 is 2.78 bits per heavy atom. The zero-order valence-electron chi connectivity index (χ0n) is 14.1. The maximum atomic E-state index is 12.5. The van der Waals surface area contributed by atoms with Crippen LogP contribution in [0.5, 0.6) is 0 Å². The van der Waals surface area contributed by atoms with Crippen LogP contribution in [-0.2, 0) is 17.8 Å². The summed E-state index contributed by atoms with van der Waals surface area (Å²) >= 11 is 0. The van der Waals surface area contributed by atoms with E-state index in [0.717, 1.165) is 31.6 Å². The maximum Gasteiger partial charge on any atom is 0.255 e. The lowest BCUT2D eigenvalue weighted by molar-refractivity contribution is -0.133. The molecule has 2 aliphatic heterocycles. The third-order valence-corrected chi connectivity index (χ3v) is 4.71. The molecule has 0 spiro atoms. The van der Waals surface area contributed by atoms with Crippen molar-refractivity contribution >= 4 is 11.8 Å². The highest BCUT2D eigenvalue weighted by atomic mass is 16.2. The Kier molecular flexibility index (Phi) is 4.39. The highest BCUT2D eigenvalue weighted by Crippen LogP contribution is 2.23. The zero-order chi connectivity index (χ0) is 16.6. The van der Waals surface area contributed by atoms with Gasteiger partial charge in [-0.2, -0.15) is 5.10 Å². The molecule has 2 aliphatic rings. The molecule has 7 heteroatoms. The molecule has 3 rings (SSSR count). The van der Waals surface area contributed by atoms with E-state index in [1.807, 2.05) is 4.68 Å². The van der Waals surface area contributed by atoms with Crippen LogP contribution in [0, 0.1) is 5.92 Å². The van der Waals surface area contributed by atoms with Crippen molar-refractivity contribution in [1.29, 1.82) is 0 Å². The Bertz CT molecular complexity index is 604. The van der Waals surface area contributed by atoms with E-state index in [-0.39, 0.29) is 17.9 Å². The molecular formula is C16H25N5O2. The average Bonchev–Trinajstić information content (AvgIpc) is 2.84. The fourth-order valence-corrected chi connectivity index (χ4v) is 3.45. The Morgan fingerprint density at radius 2 is 2.13 bits per heavy atom. The molecule has 0 radical (unpaired) electrons.